The average molecular weight is 428 g/mol. The molecule has 138 valence electrons. The maximum absolute atomic E-state index is 6.26. The van der Waals surface area contributed by atoms with Crippen LogP contribution < -0.4 is 5.73 Å². The molecule has 0 unspecified atom stereocenters. The van der Waals surface area contributed by atoms with E-state index in [0.717, 1.165) is 21.3 Å². The van der Waals surface area contributed by atoms with E-state index in [2.05, 4.69) is 19.9 Å². The number of anilines is 1. The lowest BCUT2D eigenvalue weighted by Crippen LogP contribution is -2.10. The third-order valence-corrected chi connectivity index (χ3v) is 5.81. The van der Waals surface area contributed by atoms with Gasteiger partial charge >= 0.3 is 0 Å². The van der Waals surface area contributed by atoms with Gasteiger partial charge in [-0.2, -0.15) is 0 Å². The largest absolute Gasteiger partial charge is 0.382 e. The smallest absolute Gasteiger partial charge is 0.166 e. The first-order valence-electron chi connectivity index (χ1n) is 8.20. The number of fused-ring (bicyclic) bond motifs is 2. The molecule has 10 heteroatoms. The number of nitrogens with two attached hydrogens (primary N) is 1. The van der Waals surface area contributed by atoms with Crippen molar-refractivity contribution in [2.45, 2.75) is 6.54 Å². The third kappa shape index (κ3) is 2.86. The number of nitrogens with zero attached hydrogens (tertiary/aromatic N) is 6. The van der Waals surface area contributed by atoms with Crippen LogP contribution in [-0.4, -0.2) is 29.5 Å². The maximum atomic E-state index is 6.26. The minimum Gasteiger partial charge on any atom is -0.382 e. The lowest BCUT2D eigenvalue weighted by Gasteiger charge is -2.13. The van der Waals surface area contributed by atoms with Crippen LogP contribution in [0.15, 0.2) is 42.4 Å². The number of thiazole rings is 1. The second kappa shape index (κ2) is 6.66. The normalized spacial score (nSPS) is 11.5. The van der Waals surface area contributed by atoms with Crippen LogP contribution in [0.25, 0.3) is 33.1 Å². The van der Waals surface area contributed by atoms with E-state index in [1.54, 1.807) is 30.1 Å². The zero-order valence-electron chi connectivity index (χ0n) is 14.2. The van der Waals surface area contributed by atoms with E-state index >= 15 is 0 Å². The van der Waals surface area contributed by atoms with Crippen molar-refractivity contribution in [3.63, 3.8) is 0 Å². The number of hydrogen-bond donors (Lipinski definition) is 1. The molecule has 0 saturated carbocycles. The predicted octanol–water partition coefficient (Wildman–Crippen LogP) is 4.39. The van der Waals surface area contributed by atoms with Gasteiger partial charge in [0.25, 0.3) is 0 Å². The molecule has 28 heavy (non-hydrogen) atoms. The van der Waals surface area contributed by atoms with Crippen LogP contribution in [0.5, 0.6) is 0 Å². The fourth-order valence-corrected chi connectivity index (χ4v) is 4.15. The molecular weight excluding hydrogens is 417 g/mol. The molecule has 5 rings (SSSR count). The van der Waals surface area contributed by atoms with Crippen LogP contribution in [0.2, 0.25) is 10.0 Å². The second-order valence-corrected chi connectivity index (χ2v) is 7.79. The number of imidazole rings is 1. The molecular formula is C18H11Cl2N7S. The first-order valence-corrected chi connectivity index (χ1v) is 9.83. The van der Waals surface area contributed by atoms with Gasteiger partial charge in [0.2, 0.25) is 0 Å². The van der Waals surface area contributed by atoms with E-state index in [1.807, 2.05) is 28.3 Å². The van der Waals surface area contributed by atoms with Gasteiger partial charge in [0.1, 0.15) is 0 Å². The highest BCUT2D eigenvalue weighted by atomic mass is 35.5. The van der Waals surface area contributed by atoms with Crippen molar-refractivity contribution in [1.29, 1.82) is 0 Å². The molecule has 7 nitrogen and oxygen atoms in total. The number of benzene rings is 1. The highest BCUT2D eigenvalue weighted by Crippen LogP contribution is 2.32. The van der Waals surface area contributed by atoms with Gasteiger partial charge in [0, 0.05) is 23.5 Å². The first kappa shape index (κ1) is 17.3. The van der Waals surface area contributed by atoms with Gasteiger partial charge in [-0.15, -0.1) is 11.3 Å². The minimum atomic E-state index is 0.316. The third-order valence-electron chi connectivity index (χ3n) is 4.36. The number of pyridine rings is 1. The molecule has 0 spiro atoms. The summed E-state index contributed by atoms with van der Waals surface area (Å²) >= 11 is 14.1. The van der Waals surface area contributed by atoms with Gasteiger partial charge in [-0.1, -0.05) is 23.2 Å². The summed E-state index contributed by atoms with van der Waals surface area (Å²) in [5.41, 5.74) is 11.0. The average Bonchev–Trinajstić information content (AvgIpc) is 3.33. The Morgan fingerprint density at radius 1 is 1.07 bits per heavy atom. The summed E-state index contributed by atoms with van der Waals surface area (Å²) in [6.45, 7) is 0.371. The van der Waals surface area contributed by atoms with E-state index in [9.17, 15) is 0 Å². The molecule has 0 aliphatic carbocycles. The summed E-state index contributed by atoms with van der Waals surface area (Å²) in [4.78, 5) is 21.8. The Kier molecular flexibility index (Phi) is 4.12. The van der Waals surface area contributed by atoms with Crippen LogP contribution in [0.4, 0.5) is 5.82 Å². The van der Waals surface area contributed by atoms with Crippen LogP contribution in [0.1, 0.15) is 5.56 Å². The lowest BCUT2D eigenvalue weighted by molar-refractivity contribution is 0.762. The standard InChI is InChI=1S/C18H11Cl2N7S/c19-11-4-22-5-12(20)10(11)6-27-7-23-16(21)15-18(27)26-17(25-15)9-1-2-13-14(3-9)28-8-24-13/h1-5,7-8H,6,21H2. The molecule has 2 aromatic heterocycles. The van der Waals surface area contributed by atoms with Gasteiger partial charge in [0.15, 0.2) is 23.2 Å². The van der Waals surface area contributed by atoms with Crippen LogP contribution in [-0.2, 0) is 6.54 Å². The molecule has 2 aliphatic heterocycles. The molecule has 0 bridgehead atoms. The maximum Gasteiger partial charge on any atom is 0.166 e. The van der Waals surface area contributed by atoms with Gasteiger partial charge in [-0.25, -0.2) is 19.9 Å². The van der Waals surface area contributed by atoms with Gasteiger partial charge < -0.3 is 10.3 Å². The molecule has 2 N–H and O–H groups in total. The van der Waals surface area contributed by atoms with Gasteiger partial charge in [0.05, 0.1) is 38.6 Å². The molecule has 2 aliphatic rings. The monoisotopic (exact) mass is 427 g/mol. The first-order chi connectivity index (χ1) is 13.6. The molecule has 4 heterocycles. The van der Waals surface area contributed by atoms with Crippen LogP contribution in [0, 0.1) is 0 Å². The van der Waals surface area contributed by atoms with Gasteiger partial charge in [-0.05, 0) is 18.2 Å². The summed E-state index contributed by atoms with van der Waals surface area (Å²) < 4.78 is 2.89. The minimum absolute atomic E-state index is 0.316. The van der Waals surface area contributed by atoms with Crippen molar-refractivity contribution in [3.8, 4) is 22.9 Å². The summed E-state index contributed by atoms with van der Waals surface area (Å²) in [5.74, 6) is 1.50. The Bertz CT molecular complexity index is 1280. The highest BCUT2D eigenvalue weighted by Gasteiger charge is 2.21. The fourth-order valence-electron chi connectivity index (χ4n) is 2.95. The zero-order chi connectivity index (χ0) is 19.3. The predicted molar refractivity (Wildman–Crippen MR) is 111 cm³/mol. The van der Waals surface area contributed by atoms with Crippen molar-refractivity contribution in [3.05, 3.63) is 58.0 Å². The Hall–Kier alpha value is -2.81. The molecule has 1 aromatic carbocycles. The van der Waals surface area contributed by atoms with E-state index in [1.165, 1.54) is 0 Å². The highest BCUT2D eigenvalue weighted by molar-refractivity contribution is 7.16. The second-order valence-electron chi connectivity index (χ2n) is 6.09. The molecule has 0 radical (unpaired) electrons. The molecule has 0 saturated heterocycles. The van der Waals surface area contributed by atoms with Crippen LogP contribution in [0.3, 0.4) is 0 Å². The quantitative estimate of drug-likeness (QED) is 0.458. The van der Waals surface area contributed by atoms with E-state index in [-0.39, 0.29) is 0 Å². The Balaban J connectivity index is 1.63. The van der Waals surface area contributed by atoms with Gasteiger partial charge in [-0.3, -0.25) is 4.98 Å². The Morgan fingerprint density at radius 3 is 2.71 bits per heavy atom. The zero-order valence-corrected chi connectivity index (χ0v) is 16.5. The van der Waals surface area contributed by atoms with E-state index < -0.39 is 0 Å². The summed E-state index contributed by atoms with van der Waals surface area (Å²) in [6, 6.07) is 5.92. The molecule has 0 atom stereocenters. The number of rotatable bonds is 3. The Morgan fingerprint density at radius 2 is 1.89 bits per heavy atom. The van der Waals surface area contributed by atoms with Crippen molar-refractivity contribution >= 4 is 50.6 Å². The summed E-state index contributed by atoms with van der Waals surface area (Å²) in [6.07, 6.45) is 4.71. The number of hydrogen-bond acceptors (Lipinski definition) is 7. The number of nitrogen functional groups attached to an aromatic ring is 1. The topological polar surface area (TPSA) is 95.4 Å². The van der Waals surface area contributed by atoms with E-state index in [4.69, 9.17) is 33.9 Å². The van der Waals surface area contributed by atoms with E-state index in [0.29, 0.717) is 39.8 Å². The summed E-state index contributed by atoms with van der Waals surface area (Å²) in [7, 11) is 0. The Labute approximate surface area is 173 Å². The van der Waals surface area contributed by atoms with Crippen molar-refractivity contribution in [1.82, 2.24) is 29.5 Å². The van der Waals surface area contributed by atoms with Crippen molar-refractivity contribution < 1.29 is 0 Å². The number of aromatic nitrogens is 6. The van der Waals surface area contributed by atoms with Crippen molar-refractivity contribution in [2.24, 2.45) is 0 Å². The molecule has 0 fully saturated rings. The number of halogens is 2. The van der Waals surface area contributed by atoms with Crippen LogP contribution >= 0.6 is 34.5 Å². The molecule has 3 aromatic rings. The fraction of sp³-hybridized carbons (Fsp3) is 0.0556. The molecule has 0 amide bonds. The SMILES string of the molecule is Nc1ncn(Cc2c(Cl)cncc2Cl)c2nc(-c3ccc4ncsc4c3)nc1-2. The lowest BCUT2D eigenvalue weighted by atomic mass is 10.2. The summed E-state index contributed by atoms with van der Waals surface area (Å²) in [5, 5.41) is 0.945. The van der Waals surface area contributed by atoms with Crippen molar-refractivity contribution in [2.75, 3.05) is 5.73 Å².